The molecule has 0 rings (SSSR count). The number of hydrogen-bond acceptors (Lipinski definition) is 4. The highest BCUT2D eigenvalue weighted by molar-refractivity contribution is 7.93. The topological polar surface area (TPSA) is 68.3 Å². The number of halogens is 8. The van der Waals surface area contributed by atoms with Gasteiger partial charge in [0.2, 0.25) is 9.84 Å². The van der Waals surface area contributed by atoms with Gasteiger partial charge in [0.05, 0.1) is 0 Å². The van der Waals surface area contributed by atoms with E-state index in [1.165, 1.54) is 0 Å². The zero-order valence-electron chi connectivity index (χ0n) is 9.47. The van der Waals surface area contributed by atoms with Gasteiger partial charge in [0.15, 0.2) is 9.84 Å². The second-order valence-corrected chi connectivity index (χ2v) is 7.89. The van der Waals surface area contributed by atoms with Gasteiger partial charge in [-0.1, -0.05) is 0 Å². The third-order valence-electron chi connectivity index (χ3n) is 2.11. The molecule has 0 radical (unpaired) electrons. The molecule has 0 bridgehead atoms. The van der Waals surface area contributed by atoms with E-state index in [4.69, 9.17) is 0 Å². The van der Waals surface area contributed by atoms with Crippen LogP contribution in [0.5, 0.6) is 0 Å². The van der Waals surface area contributed by atoms with Crippen LogP contribution in [-0.2, 0) is 19.7 Å². The quantitative estimate of drug-likeness (QED) is 0.715. The van der Waals surface area contributed by atoms with Gasteiger partial charge in [-0.15, -0.1) is 0 Å². The van der Waals surface area contributed by atoms with E-state index in [1.807, 2.05) is 0 Å². The molecule has 0 heterocycles. The Hall–Kier alpha value is -0.660. The van der Waals surface area contributed by atoms with Gasteiger partial charge >= 0.3 is 22.4 Å². The largest absolute Gasteiger partial charge is 0.443 e. The van der Waals surface area contributed by atoms with Crippen molar-refractivity contribution in [1.29, 1.82) is 0 Å². The van der Waals surface area contributed by atoms with Crippen LogP contribution < -0.4 is 0 Å². The van der Waals surface area contributed by atoms with Crippen molar-refractivity contribution in [3.05, 3.63) is 0 Å². The van der Waals surface area contributed by atoms with Crippen molar-refractivity contribution in [2.75, 3.05) is 12.5 Å². The molecule has 1 unspecified atom stereocenters. The molecule has 0 N–H and O–H groups in total. The van der Waals surface area contributed by atoms with Crippen LogP contribution in [0, 0.1) is 0 Å². The lowest BCUT2D eigenvalue weighted by Crippen LogP contribution is -2.68. The summed E-state index contributed by atoms with van der Waals surface area (Å²) in [7, 11) is -12.8. The van der Waals surface area contributed by atoms with Crippen molar-refractivity contribution < 1.29 is 52.0 Å². The molecule has 14 heteroatoms. The molecule has 0 aliphatic carbocycles. The van der Waals surface area contributed by atoms with Crippen molar-refractivity contribution in [3.63, 3.8) is 0 Å². The van der Waals surface area contributed by atoms with E-state index in [9.17, 15) is 52.0 Å². The second kappa shape index (κ2) is 4.42. The lowest BCUT2D eigenvalue weighted by molar-refractivity contribution is -0.302. The first kappa shape index (κ1) is 19.3. The summed E-state index contributed by atoms with van der Waals surface area (Å²) < 4.78 is 144. The molecule has 20 heavy (non-hydrogen) atoms. The maximum atomic E-state index is 13.4. The molecule has 0 aromatic rings. The molecule has 0 fully saturated rings. The van der Waals surface area contributed by atoms with Crippen molar-refractivity contribution in [2.45, 2.75) is 22.4 Å². The highest BCUT2D eigenvalue weighted by Crippen LogP contribution is 2.55. The fourth-order valence-electron chi connectivity index (χ4n) is 1.04. The fourth-order valence-corrected chi connectivity index (χ4v) is 2.73. The zero-order valence-corrected chi connectivity index (χ0v) is 11.1. The standard InChI is InChI=1S/C6H6F8O4S2/c1-19(15,16)4(9,5(10,11)12)3(7,8)6(13,14)20(2,17)18/h1-2H3. The van der Waals surface area contributed by atoms with Gasteiger partial charge < -0.3 is 0 Å². The Bertz CT molecular complexity index is 589. The van der Waals surface area contributed by atoms with Crippen LogP contribution in [-0.4, -0.2) is 51.7 Å². The molecule has 122 valence electrons. The summed E-state index contributed by atoms with van der Waals surface area (Å²) in [6, 6.07) is 0. The van der Waals surface area contributed by atoms with Gasteiger partial charge in [-0.05, 0) is 0 Å². The van der Waals surface area contributed by atoms with Gasteiger partial charge in [0.1, 0.15) is 0 Å². The van der Waals surface area contributed by atoms with Crippen LogP contribution in [0.3, 0.4) is 0 Å². The normalized spacial score (nSPS) is 18.7. The van der Waals surface area contributed by atoms with Crippen LogP contribution in [0.15, 0.2) is 0 Å². The number of alkyl halides is 8. The summed E-state index contributed by atoms with van der Waals surface area (Å²) in [6.45, 7) is 0. The number of hydrogen-bond donors (Lipinski definition) is 0. The molecule has 0 amide bonds. The summed E-state index contributed by atoms with van der Waals surface area (Å²) in [5.41, 5.74) is 0. The van der Waals surface area contributed by atoms with Gasteiger partial charge in [0.25, 0.3) is 0 Å². The van der Waals surface area contributed by atoms with E-state index >= 15 is 0 Å². The van der Waals surface area contributed by atoms with E-state index in [-0.39, 0.29) is 0 Å². The third kappa shape index (κ3) is 2.35. The van der Waals surface area contributed by atoms with Crippen molar-refractivity contribution >= 4 is 19.7 Å². The summed E-state index contributed by atoms with van der Waals surface area (Å²) in [6.07, 6.45) is -8.31. The number of sulfone groups is 2. The maximum Gasteiger partial charge on any atom is 0.443 e. The van der Waals surface area contributed by atoms with E-state index in [1.54, 1.807) is 0 Å². The maximum absolute atomic E-state index is 13.4. The molecule has 0 aliphatic rings. The monoisotopic (exact) mass is 358 g/mol. The summed E-state index contributed by atoms with van der Waals surface area (Å²) in [4.78, 5) is 0. The van der Waals surface area contributed by atoms with Crippen molar-refractivity contribution in [1.82, 2.24) is 0 Å². The minimum atomic E-state index is -7.10. The second-order valence-electron chi connectivity index (χ2n) is 3.73. The van der Waals surface area contributed by atoms with Crippen LogP contribution in [0.1, 0.15) is 0 Å². The predicted octanol–water partition coefficient (Wildman–Crippen LogP) is 1.53. The average Bonchev–Trinajstić information content (AvgIpc) is 2.10. The SMILES string of the molecule is CS(=O)(=O)C(F)(F)C(F)(F)C(F)(C(F)(F)F)S(C)(=O)=O. The zero-order chi connectivity index (χ0) is 17.0. The van der Waals surface area contributed by atoms with Gasteiger partial charge in [-0.25, -0.2) is 21.2 Å². The van der Waals surface area contributed by atoms with Crippen LogP contribution >= 0.6 is 0 Å². The first-order chi connectivity index (χ1) is 8.25. The molecule has 0 aromatic heterocycles. The Labute approximate surface area is 107 Å². The van der Waals surface area contributed by atoms with Crippen LogP contribution in [0.4, 0.5) is 35.1 Å². The lowest BCUT2D eigenvalue weighted by Gasteiger charge is -2.36. The Morgan fingerprint density at radius 2 is 0.950 bits per heavy atom. The minimum absolute atomic E-state index is 0.597. The van der Waals surface area contributed by atoms with Crippen LogP contribution in [0.25, 0.3) is 0 Å². The molecule has 0 aromatic carbocycles. The molecule has 4 nitrogen and oxygen atoms in total. The third-order valence-corrected chi connectivity index (χ3v) is 4.81. The highest BCUT2D eigenvalue weighted by atomic mass is 32.2. The van der Waals surface area contributed by atoms with Gasteiger partial charge in [0, 0.05) is 12.5 Å². The molecular formula is C6H6F8O4S2. The first-order valence-corrected chi connectivity index (χ1v) is 7.94. The van der Waals surface area contributed by atoms with E-state index in [0.717, 1.165) is 0 Å². The highest BCUT2D eigenvalue weighted by Gasteiger charge is 2.87. The van der Waals surface area contributed by atoms with Crippen LogP contribution in [0.2, 0.25) is 0 Å². The predicted molar refractivity (Wildman–Crippen MR) is 49.5 cm³/mol. The minimum Gasteiger partial charge on any atom is -0.225 e. The van der Waals surface area contributed by atoms with E-state index in [2.05, 4.69) is 0 Å². The summed E-state index contributed by atoms with van der Waals surface area (Å²) in [5, 5.41) is -13.4. The Morgan fingerprint density at radius 1 is 0.650 bits per heavy atom. The van der Waals surface area contributed by atoms with Crippen molar-refractivity contribution in [3.8, 4) is 0 Å². The number of rotatable bonds is 4. The van der Waals surface area contributed by atoms with Gasteiger partial charge in [-0.2, -0.15) is 30.7 Å². The smallest absolute Gasteiger partial charge is 0.225 e. The lowest BCUT2D eigenvalue weighted by atomic mass is 10.2. The molecule has 0 saturated carbocycles. The Balaban J connectivity index is 6.70. The fraction of sp³-hybridized carbons (Fsp3) is 1.00. The summed E-state index contributed by atoms with van der Waals surface area (Å²) >= 11 is 0. The average molecular weight is 358 g/mol. The first-order valence-electron chi connectivity index (χ1n) is 4.15. The van der Waals surface area contributed by atoms with Crippen molar-refractivity contribution in [2.24, 2.45) is 0 Å². The molecule has 0 spiro atoms. The molecular weight excluding hydrogens is 352 g/mol. The Morgan fingerprint density at radius 3 is 1.10 bits per heavy atom. The summed E-state index contributed by atoms with van der Waals surface area (Å²) in [5.74, 6) is -7.10. The molecule has 0 aliphatic heterocycles. The Kier molecular flexibility index (Phi) is 4.27. The van der Waals surface area contributed by atoms with E-state index in [0.29, 0.717) is 0 Å². The molecule has 0 saturated heterocycles. The molecule has 1 atom stereocenters. The van der Waals surface area contributed by atoms with E-state index < -0.39 is 54.5 Å². The van der Waals surface area contributed by atoms with Gasteiger partial charge in [-0.3, -0.25) is 0 Å².